The molecule has 0 spiro atoms. The number of pyridine rings is 1. The lowest BCUT2D eigenvalue weighted by Crippen LogP contribution is -2.38. The van der Waals surface area contributed by atoms with Crippen molar-refractivity contribution in [1.82, 2.24) is 10.3 Å². The first-order valence-corrected chi connectivity index (χ1v) is 8.73. The van der Waals surface area contributed by atoms with Gasteiger partial charge in [0.05, 0.1) is 0 Å². The van der Waals surface area contributed by atoms with Crippen LogP contribution in [0.3, 0.4) is 0 Å². The summed E-state index contributed by atoms with van der Waals surface area (Å²) in [5.74, 6) is 0.866. The summed E-state index contributed by atoms with van der Waals surface area (Å²) in [5, 5.41) is 3.91. The molecule has 1 aliphatic rings. The van der Waals surface area contributed by atoms with Crippen molar-refractivity contribution in [3.63, 3.8) is 0 Å². The predicted octanol–water partition coefficient (Wildman–Crippen LogP) is 5.02. The number of aryl methyl sites for hydroxylation is 3. The Morgan fingerprint density at radius 1 is 1.19 bits per heavy atom. The maximum Gasteiger partial charge on any atom is 0.0426 e. The molecular weight excluding hydrogens is 256 g/mol. The Balaban J connectivity index is 2.10. The average molecular weight is 288 g/mol. The summed E-state index contributed by atoms with van der Waals surface area (Å²) in [6.07, 6.45) is 8.31. The van der Waals surface area contributed by atoms with Gasteiger partial charge in [0.1, 0.15) is 0 Å². The topological polar surface area (TPSA) is 24.9 Å². The van der Waals surface area contributed by atoms with Gasteiger partial charge in [0.2, 0.25) is 0 Å². The molecule has 0 bridgehead atoms. The fourth-order valence-corrected chi connectivity index (χ4v) is 4.22. The molecule has 118 valence electrons. The van der Waals surface area contributed by atoms with Crippen molar-refractivity contribution in [2.24, 2.45) is 5.92 Å². The van der Waals surface area contributed by atoms with Gasteiger partial charge in [-0.3, -0.25) is 4.98 Å². The second kappa shape index (κ2) is 7.40. The van der Waals surface area contributed by atoms with Gasteiger partial charge in [-0.25, -0.2) is 0 Å². The summed E-state index contributed by atoms with van der Waals surface area (Å²) in [6.45, 7) is 11.1. The molecule has 1 heterocycles. The van der Waals surface area contributed by atoms with Crippen LogP contribution in [0, 0.1) is 26.7 Å². The van der Waals surface area contributed by atoms with E-state index in [0.717, 1.165) is 11.6 Å². The van der Waals surface area contributed by atoms with E-state index < -0.39 is 0 Å². The van der Waals surface area contributed by atoms with Crippen LogP contribution in [0.5, 0.6) is 0 Å². The fraction of sp³-hybridized carbons (Fsp3) is 0.737. The zero-order chi connectivity index (χ0) is 15.4. The molecule has 1 aromatic rings. The Labute approximate surface area is 130 Å². The zero-order valence-corrected chi connectivity index (χ0v) is 14.5. The van der Waals surface area contributed by atoms with Gasteiger partial charge in [-0.1, -0.05) is 26.2 Å². The maximum absolute atomic E-state index is 4.66. The number of rotatable bonds is 5. The third kappa shape index (κ3) is 4.06. The zero-order valence-electron chi connectivity index (χ0n) is 14.5. The maximum atomic E-state index is 4.66. The molecule has 1 fully saturated rings. The lowest BCUT2D eigenvalue weighted by molar-refractivity contribution is 0.249. The Morgan fingerprint density at radius 3 is 2.43 bits per heavy atom. The van der Waals surface area contributed by atoms with Gasteiger partial charge < -0.3 is 5.32 Å². The van der Waals surface area contributed by atoms with Gasteiger partial charge in [-0.05, 0) is 70.1 Å². The molecule has 0 amide bonds. The molecule has 1 aliphatic carbocycles. The van der Waals surface area contributed by atoms with Gasteiger partial charge in [-0.15, -0.1) is 0 Å². The molecule has 1 aromatic heterocycles. The van der Waals surface area contributed by atoms with Crippen LogP contribution >= 0.6 is 0 Å². The number of hydrogen-bond donors (Lipinski definition) is 1. The van der Waals surface area contributed by atoms with Crippen LogP contribution in [0.25, 0.3) is 0 Å². The average Bonchev–Trinajstić information content (AvgIpc) is 2.44. The molecule has 1 N–H and O–H groups in total. The third-order valence-electron chi connectivity index (χ3n) is 5.14. The van der Waals surface area contributed by atoms with Crippen molar-refractivity contribution in [1.29, 1.82) is 0 Å². The molecule has 2 unspecified atom stereocenters. The van der Waals surface area contributed by atoms with Crippen LogP contribution in [-0.4, -0.2) is 11.0 Å². The highest BCUT2D eigenvalue weighted by molar-refractivity contribution is 5.33. The molecular formula is C19H32N2. The SMILES string of the molecule is CCC(NC(C)c1c(C)cc(C)nc1C)C1CCCCC1. The van der Waals surface area contributed by atoms with E-state index in [0.29, 0.717) is 12.1 Å². The second-order valence-corrected chi connectivity index (χ2v) is 6.88. The van der Waals surface area contributed by atoms with Crippen molar-refractivity contribution in [3.8, 4) is 0 Å². The van der Waals surface area contributed by atoms with Crippen molar-refractivity contribution in [3.05, 3.63) is 28.6 Å². The van der Waals surface area contributed by atoms with E-state index in [1.807, 2.05) is 0 Å². The van der Waals surface area contributed by atoms with Crippen LogP contribution in [-0.2, 0) is 0 Å². The van der Waals surface area contributed by atoms with E-state index in [2.05, 4.69) is 51.0 Å². The van der Waals surface area contributed by atoms with Crippen LogP contribution < -0.4 is 5.32 Å². The number of hydrogen-bond acceptors (Lipinski definition) is 2. The van der Waals surface area contributed by atoms with E-state index in [1.165, 1.54) is 55.3 Å². The monoisotopic (exact) mass is 288 g/mol. The molecule has 0 saturated heterocycles. The standard InChI is InChI=1S/C19H32N2/c1-6-18(17-10-8-7-9-11-17)21-16(5)19-13(2)12-14(3)20-15(19)4/h12,16-18,21H,6-11H2,1-5H3. The van der Waals surface area contributed by atoms with Crippen LogP contribution in [0.15, 0.2) is 6.07 Å². The van der Waals surface area contributed by atoms with Crippen molar-refractivity contribution < 1.29 is 0 Å². The Hall–Kier alpha value is -0.890. The largest absolute Gasteiger partial charge is 0.307 e. The molecule has 0 radical (unpaired) electrons. The quantitative estimate of drug-likeness (QED) is 0.823. The summed E-state index contributed by atoms with van der Waals surface area (Å²) >= 11 is 0. The van der Waals surface area contributed by atoms with Gasteiger partial charge >= 0.3 is 0 Å². The molecule has 2 atom stereocenters. The molecule has 21 heavy (non-hydrogen) atoms. The molecule has 2 heteroatoms. The summed E-state index contributed by atoms with van der Waals surface area (Å²) in [5.41, 5.74) is 5.08. The number of nitrogens with zero attached hydrogens (tertiary/aromatic N) is 1. The summed E-state index contributed by atoms with van der Waals surface area (Å²) < 4.78 is 0. The highest BCUT2D eigenvalue weighted by Gasteiger charge is 2.24. The highest BCUT2D eigenvalue weighted by Crippen LogP contribution is 2.30. The first-order valence-electron chi connectivity index (χ1n) is 8.73. The van der Waals surface area contributed by atoms with Crippen LogP contribution in [0.2, 0.25) is 0 Å². The minimum atomic E-state index is 0.393. The second-order valence-electron chi connectivity index (χ2n) is 6.88. The number of nitrogens with one attached hydrogen (secondary N) is 1. The van der Waals surface area contributed by atoms with E-state index in [-0.39, 0.29) is 0 Å². The van der Waals surface area contributed by atoms with Crippen molar-refractivity contribution >= 4 is 0 Å². The van der Waals surface area contributed by atoms with Gasteiger partial charge in [0, 0.05) is 23.5 Å². The first kappa shape index (κ1) is 16.5. The lowest BCUT2D eigenvalue weighted by atomic mass is 9.82. The van der Waals surface area contributed by atoms with E-state index >= 15 is 0 Å². The van der Waals surface area contributed by atoms with E-state index in [1.54, 1.807) is 0 Å². The molecule has 0 aliphatic heterocycles. The molecule has 2 rings (SSSR count). The predicted molar refractivity (Wildman–Crippen MR) is 90.7 cm³/mol. The van der Waals surface area contributed by atoms with Gasteiger partial charge in [-0.2, -0.15) is 0 Å². The Kier molecular flexibility index (Phi) is 5.80. The molecule has 0 aromatic carbocycles. The highest BCUT2D eigenvalue weighted by atomic mass is 15.0. The fourth-order valence-electron chi connectivity index (χ4n) is 4.22. The minimum absolute atomic E-state index is 0.393. The third-order valence-corrected chi connectivity index (χ3v) is 5.14. The van der Waals surface area contributed by atoms with Crippen molar-refractivity contribution in [2.45, 2.75) is 85.2 Å². The summed E-state index contributed by atoms with van der Waals surface area (Å²) in [6, 6.07) is 3.26. The normalized spacial score (nSPS) is 19.5. The lowest BCUT2D eigenvalue weighted by Gasteiger charge is -2.33. The van der Waals surface area contributed by atoms with Gasteiger partial charge in [0.15, 0.2) is 0 Å². The summed E-state index contributed by atoms with van der Waals surface area (Å²) in [4.78, 5) is 4.66. The van der Waals surface area contributed by atoms with Crippen LogP contribution in [0.1, 0.15) is 80.9 Å². The first-order chi connectivity index (χ1) is 10.0. The van der Waals surface area contributed by atoms with Gasteiger partial charge in [0.25, 0.3) is 0 Å². The minimum Gasteiger partial charge on any atom is -0.307 e. The Bertz CT molecular complexity index is 438. The molecule has 1 saturated carbocycles. The van der Waals surface area contributed by atoms with E-state index in [4.69, 9.17) is 0 Å². The van der Waals surface area contributed by atoms with Crippen LogP contribution in [0.4, 0.5) is 0 Å². The van der Waals surface area contributed by atoms with Crippen molar-refractivity contribution in [2.75, 3.05) is 0 Å². The molecule has 2 nitrogen and oxygen atoms in total. The van der Waals surface area contributed by atoms with E-state index in [9.17, 15) is 0 Å². The Morgan fingerprint density at radius 2 is 1.86 bits per heavy atom. The number of aromatic nitrogens is 1. The smallest absolute Gasteiger partial charge is 0.0426 e. The summed E-state index contributed by atoms with van der Waals surface area (Å²) in [7, 11) is 0.